The quantitative estimate of drug-likeness (QED) is 0.887. The standard InChI is InChI=1S/C16H26N2S/c1-4-16(5-2)13-18(10-11-19-3)15-9-7-6-8-14(15)12-17-16/h6-9,17H,4-5,10-13H2,1-3H3. The Kier molecular flexibility index (Phi) is 5.17. The van der Waals surface area contributed by atoms with E-state index in [0.29, 0.717) is 0 Å². The van der Waals surface area contributed by atoms with Crippen molar-refractivity contribution in [1.29, 1.82) is 0 Å². The summed E-state index contributed by atoms with van der Waals surface area (Å²) in [5.74, 6) is 1.19. The molecule has 0 atom stereocenters. The Labute approximate surface area is 122 Å². The van der Waals surface area contributed by atoms with E-state index in [4.69, 9.17) is 0 Å². The monoisotopic (exact) mass is 278 g/mol. The molecule has 19 heavy (non-hydrogen) atoms. The molecule has 0 saturated heterocycles. The molecule has 1 aromatic carbocycles. The van der Waals surface area contributed by atoms with Gasteiger partial charge in [-0.3, -0.25) is 0 Å². The molecule has 0 radical (unpaired) electrons. The molecule has 0 unspecified atom stereocenters. The molecule has 0 saturated carbocycles. The molecule has 1 N–H and O–H groups in total. The van der Waals surface area contributed by atoms with Crippen molar-refractivity contribution in [1.82, 2.24) is 5.32 Å². The van der Waals surface area contributed by atoms with Gasteiger partial charge in [-0.2, -0.15) is 11.8 Å². The maximum atomic E-state index is 3.81. The van der Waals surface area contributed by atoms with Crippen LogP contribution >= 0.6 is 11.8 Å². The fourth-order valence-corrected chi connectivity index (χ4v) is 3.29. The van der Waals surface area contributed by atoms with E-state index in [9.17, 15) is 0 Å². The normalized spacial score (nSPS) is 17.9. The molecule has 0 fully saturated rings. The number of thioether (sulfide) groups is 1. The average Bonchev–Trinajstić information content (AvgIpc) is 2.63. The highest BCUT2D eigenvalue weighted by Crippen LogP contribution is 2.29. The van der Waals surface area contributed by atoms with Crippen LogP contribution in [0.25, 0.3) is 0 Å². The summed E-state index contributed by atoms with van der Waals surface area (Å²) in [6, 6.07) is 8.85. The first-order valence-corrected chi connectivity index (χ1v) is 8.71. The van der Waals surface area contributed by atoms with Gasteiger partial charge in [-0.25, -0.2) is 0 Å². The summed E-state index contributed by atoms with van der Waals surface area (Å²) >= 11 is 1.93. The van der Waals surface area contributed by atoms with Crippen molar-refractivity contribution in [3.05, 3.63) is 29.8 Å². The number of rotatable bonds is 5. The number of hydrogen-bond donors (Lipinski definition) is 1. The average molecular weight is 278 g/mol. The molecule has 106 valence electrons. The second-order valence-corrected chi connectivity index (χ2v) is 6.37. The number of anilines is 1. The Bertz CT molecular complexity index is 401. The van der Waals surface area contributed by atoms with Gasteiger partial charge in [0.2, 0.25) is 0 Å². The summed E-state index contributed by atoms with van der Waals surface area (Å²) in [7, 11) is 0. The predicted octanol–water partition coefficient (Wildman–Crippen LogP) is 3.52. The van der Waals surface area contributed by atoms with Crippen molar-refractivity contribution < 1.29 is 0 Å². The second-order valence-electron chi connectivity index (χ2n) is 5.38. The molecule has 1 aliphatic heterocycles. The van der Waals surface area contributed by atoms with E-state index in [0.717, 1.165) is 19.6 Å². The summed E-state index contributed by atoms with van der Waals surface area (Å²) in [5.41, 5.74) is 3.12. The second kappa shape index (κ2) is 6.67. The molecule has 0 aliphatic carbocycles. The fraction of sp³-hybridized carbons (Fsp3) is 0.625. The SMILES string of the molecule is CCC1(CC)CN(CCSC)c2ccccc2CN1. The largest absolute Gasteiger partial charge is 0.369 e. The fourth-order valence-electron chi connectivity index (χ4n) is 2.88. The van der Waals surface area contributed by atoms with Gasteiger partial charge in [0.1, 0.15) is 0 Å². The summed E-state index contributed by atoms with van der Waals surface area (Å²) in [6.07, 6.45) is 4.56. The maximum absolute atomic E-state index is 3.81. The number of nitrogens with zero attached hydrogens (tertiary/aromatic N) is 1. The Balaban J connectivity index is 2.29. The topological polar surface area (TPSA) is 15.3 Å². The van der Waals surface area contributed by atoms with Crippen LogP contribution < -0.4 is 10.2 Å². The van der Waals surface area contributed by atoms with E-state index in [1.807, 2.05) is 11.8 Å². The van der Waals surface area contributed by atoms with Gasteiger partial charge in [0.25, 0.3) is 0 Å². The summed E-state index contributed by atoms with van der Waals surface area (Å²) in [4.78, 5) is 2.58. The van der Waals surface area contributed by atoms with Crippen molar-refractivity contribution >= 4 is 17.4 Å². The zero-order valence-electron chi connectivity index (χ0n) is 12.4. The molecule has 0 bridgehead atoms. The predicted molar refractivity (Wildman–Crippen MR) is 87.2 cm³/mol. The minimum atomic E-state index is 0.261. The zero-order chi connectivity index (χ0) is 13.7. The zero-order valence-corrected chi connectivity index (χ0v) is 13.2. The van der Waals surface area contributed by atoms with Crippen LogP contribution in [0.1, 0.15) is 32.3 Å². The Hall–Kier alpha value is -0.670. The minimum absolute atomic E-state index is 0.261. The van der Waals surface area contributed by atoms with Crippen molar-refractivity contribution in [3.63, 3.8) is 0 Å². The van der Waals surface area contributed by atoms with Gasteiger partial charge in [-0.15, -0.1) is 0 Å². The Morgan fingerprint density at radius 1 is 1.26 bits per heavy atom. The van der Waals surface area contributed by atoms with E-state index in [1.165, 1.54) is 29.8 Å². The smallest absolute Gasteiger partial charge is 0.0412 e. The lowest BCUT2D eigenvalue weighted by atomic mass is 9.92. The van der Waals surface area contributed by atoms with Crippen LogP contribution in [-0.4, -0.2) is 30.6 Å². The molecule has 1 aromatic rings. The van der Waals surface area contributed by atoms with Crippen LogP contribution in [0.3, 0.4) is 0 Å². The van der Waals surface area contributed by atoms with Crippen LogP contribution in [0.5, 0.6) is 0 Å². The van der Waals surface area contributed by atoms with Crippen molar-refractivity contribution in [2.75, 3.05) is 30.0 Å². The molecular formula is C16H26N2S. The molecule has 2 nitrogen and oxygen atoms in total. The van der Waals surface area contributed by atoms with Crippen LogP contribution in [0, 0.1) is 0 Å². The molecular weight excluding hydrogens is 252 g/mol. The molecule has 3 heteroatoms. The first kappa shape index (κ1) is 14.7. The number of para-hydroxylation sites is 1. The first-order chi connectivity index (χ1) is 9.24. The van der Waals surface area contributed by atoms with E-state index in [1.54, 1.807) is 0 Å². The third-order valence-corrected chi connectivity index (χ3v) is 4.99. The van der Waals surface area contributed by atoms with Gasteiger partial charge in [0.15, 0.2) is 0 Å². The van der Waals surface area contributed by atoms with Crippen LogP contribution in [-0.2, 0) is 6.54 Å². The Morgan fingerprint density at radius 2 is 2.00 bits per heavy atom. The molecule has 2 rings (SSSR count). The van der Waals surface area contributed by atoms with Gasteiger partial charge in [-0.1, -0.05) is 32.0 Å². The van der Waals surface area contributed by atoms with E-state index >= 15 is 0 Å². The number of nitrogens with one attached hydrogen (secondary N) is 1. The highest BCUT2D eigenvalue weighted by atomic mass is 32.2. The molecule has 0 spiro atoms. The lowest BCUT2D eigenvalue weighted by Gasteiger charge is -2.36. The van der Waals surface area contributed by atoms with E-state index in [-0.39, 0.29) is 5.54 Å². The lowest BCUT2D eigenvalue weighted by Crippen LogP contribution is -2.51. The highest BCUT2D eigenvalue weighted by molar-refractivity contribution is 7.98. The maximum Gasteiger partial charge on any atom is 0.0412 e. The van der Waals surface area contributed by atoms with Crippen LogP contribution in [0.15, 0.2) is 24.3 Å². The molecule has 1 aliphatic rings. The lowest BCUT2D eigenvalue weighted by molar-refractivity contribution is 0.308. The van der Waals surface area contributed by atoms with E-state index in [2.05, 4.69) is 54.6 Å². The first-order valence-electron chi connectivity index (χ1n) is 7.31. The molecule has 0 amide bonds. The molecule has 0 aromatic heterocycles. The summed E-state index contributed by atoms with van der Waals surface area (Å²) in [5, 5.41) is 3.81. The minimum Gasteiger partial charge on any atom is -0.369 e. The number of benzene rings is 1. The van der Waals surface area contributed by atoms with Gasteiger partial charge < -0.3 is 10.2 Å². The number of hydrogen-bond acceptors (Lipinski definition) is 3. The van der Waals surface area contributed by atoms with Crippen molar-refractivity contribution in [2.45, 2.75) is 38.8 Å². The summed E-state index contributed by atoms with van der Waals surface area (Å²) < 4.78 is 0. The summed E-state index contributed by atoms with van der Waals surface area (Å²) in [6.45, 7) is 7.87. The Morgan fingerprint density at radius 3 is 2.68 bits per heavy atom. The van der Waals surface area contributed by atoms with Crippen LogP contribution in [0.2, 0.25) is 0 Å². The van der Waals surface area contributed by atoms with Crippen molar-refractivity contribution in [2.24, 2.45) is 0 Å². The van der Waals surface area contributed by atoms with Crippen molar-refractivity contribution in [3.8, 4) is 0 Å². The third kappa shape index (κ3) is 3.26. The van der Waals surface area contributed by atoms with E-state index < -0.39 is 0 Å². The van der Waals surface area contributed by atoms with Crippen LogP contribution in [0.4, 0.5) is 5.69 Å². The van der Waals surface area contributed by atoms with Gasteiger partial charge in [0.05, 0.1) is 0 Å². The van der Waals surface area contributed by atoms with Gasteiger partial charge >= 0.3 is 0 Å². The third-order valence-electron chi connectivity index (χ3n) is 4.40. The highest BCUT2D eigenvalue weighted by Gasteiger charge is 2.31. The number of fused-ring (bicyclic) bond motifs is 1. The van der Waals surface area contributed by atoms with Gasteiger partial charge in [0, 0.05) is 36.6 Å². The van der Waals surface area contributed by atoms with Gasteiger partial charge in [-0.05, 0) is 30.7 Å². The molecule has 1 heterocycles.